The molecule has 1 N–H and O–H groups in total. The van der Waals surface area contributed by atoms with Crippen LogP contribution in [0, 0.1) is 11.8 Å². The van der Waals surface area contributed by atoms with Crippen molar-refractivity contribution in [2.75, 3.05) is 14.2 Å². The molecule has 1 amide bonds. The summed E-state index contributed by atoms with van der Waals surface area (Å²) in [5.41, 5.74) is 2.34. The van der Waals surface area contributed by atoms with Crippen LogP contribution in [0.4, 0.5) is 0 Å². The van der Waals surface area contributed by atoms with E-state index in [4.69, 9.17) is 9.47 Å². The maximum absolute atomic E-state index is 12.7. The summed E-state index contributed by atoms with van der Waals surface area (Å²) in [6.07, 6.45) is 9.82. The number of pyridine rings is 1. The Balaban J connectivity index is 1.47. The summed E-state index contributed by atoms with van der Waals surface area (Å²) < 4.78 is 10.9. The van der Waals surface area contributed by atoms with Gasteiger partial charge in [0.05, 0.1) is 14.2 Å². The van der Waals surface area contributed by atoms with Crippen LogP contribution in [0.5, 0.6) is 11.5 Å². The van der Waals surface area contributed by atoms with Crippen molar-refractivity contribution in [1.29, 1.82) is 0 Å². The first-order valence-corrected chi connectivity index (χ1v) is 10.6. The number of ether oxygens (including phenoxy) is 2. The van der Waals surface area contributed by atoms with E-state index in [9.17, 15) is 4.79 Å². The standard InChI is InChI=1S/C24H30N2O3/c1-28-20-11-10-17(14-21(20)29-2)23-18-7-3-4-8-19(18)24(23)26-22(27)12-9-16-6-5-13-25-15-16/h5-6,10-11,13-15,18-19,23-24H,3-4,7-9,12H2,1-2H3,(H,26,27)/t18-,19-,23+,24+/m1/s1. The zero-order chi connectivity index (χ0) is 20.2. The molecule has 4 rings (SSSR count). The molecule has 2 aliphatic rings. The van der Waals surface area contributed by atoms with Gasteiger partial charge >= 0.3 is 0 Å². The van der Waals surface area contributed by atoms with Crippen molar-refractivity contribution in [3.05, 3.63) is 53.9 Å². The number of nitrogens with one attached hydrogen (secondary N) is 1. The van der Waals surface area contributed by atoms with Crippen LogP contribution in [0.2, 0.25) is 0 Å². The van der Waals surface area contributed by atoms with E-state index in [1.54, 1.807) is 20.4 Å². The van der Waals surface area contributed by atoms with Gasteiger partial charge in [0.2, 0.25) is 5.91 Å². The molecule has 0 unspecified atom stereocenters. The average molecular weight is 395 g/mol. The molecule has 4 atom stereocenters. The van der Waals surface area contributed by atoms with Crippen LogP contribution in [0.15, 0.2) is 42.7 Å². The Hall–Kier alpha value is -2.56. The van der Waals surface area contributed by atoms with Crippen LogP contribution < -0.4 is 14.8 Å². The summed E-state index contributed by atoms with van der Waals surface area (Å²) >= 11 is 0. The molecule has 2 fully saturated rings. The fourth-order valence-corrected chi connectivity index (χ4v) is 5.24. The Kier molecular flexibility index (Phi) is 6.02. The van der Waals surface area contributed by atoms with E-state index < -0.39 is 0 Å². The van der Waals surface area contributed by atoms with Gasteiger partial charge in [-0.25, -0.2) is 0 Å². The van der Waals surface area contributed by atoms with Crippen LogP contribution in [0.1, 0.15) is 49.1 Å². The first-order chi connectivity index (χ1) is 14.2. The summed E-state index contributed by atoms with van der Waals surface area (Å²) in [4.78, 5) is 16.9. The molecule has 5 heteroatoms. The first kappa shape index (κ1) is 19.7. The number of hydrogen-bond acceptors (Lipinski definition) is 4. The van der Waals surface area contributed by atoms with Crippen LogP contribution >= 0.6 is 0 Å². The summed E-state index contributed by atoms with van der Waals surface area (Å²) in [6, 6.07) is 10.3. The third-order valence-electron chi connectivity index (χ3n) is 6.67. The molecule has 154 valence electrons. The third-order valence-corrected chi connectivity index (χ3v) is 6.67. The Morgan fingerprint density at radius 2 is 1.90 bits per heavy atom. The summed E-state index contributed by atoms with van der Waals surface area (Å²) in [7, 11) is 3.33. The highest BCUT2D eigenvalue weighted by molar-refractivity contribution is 5.77. The molecule has 2 aromatic rings. The van der Waals surface area contributed by atoms with Crippen molar-refractivity contribution in [3.63, 3.8) is 0 Å². The third kappa shape index (κ3) is 4.09. The van der Waals surface area contributed by atoms with Gasteiger partial charge in [0.1, 0.15) is 0 Å². The second-order valence-corrected chi connectivity index (χ2v) is 8.21. The highest BCUT2D eigenvalue weighted by Gasteiger charge is 2.51. The van der Waals surface area contributed by atoms with Crippen molar-refractivity contribution < 1.29 is 14.3 Å². The number of nitrogens with zero attached hydrogens (tertiary/aromatic N) is 1. The van der Waals surface area contributed by atoms with Crippen LogP contribution in [0.25, 0.3) is 0 Å². The zero-order valence-corrected chi connectivity index (χ0v) is 17.3. The number of methoxy groups -OCH3 is 2. The molecule has 2 aliphatic carbocycles. The second kappa shape index (κ2) is 8.85. The minimum atomic E-state index is 0.133. The van der Waals surface area contributed by atoms with Crippen LogP contribution in [0.3, 0.4) is 0 Å². The number of amides is 1. The Labute approximate surface area is 172 Å². The topological polar surface area (TPSA) is 60.5 Å². The monoisotopic (exact) mass is 394 g/mol. The van der Waals surface area contributed by atoms with Gasteiger partial charge in [0.25, 0.3) is 0 Å². The van der Waals surface area contributed by atoms with Crippen LogP contribution in [-0.2, 0) is 11.2 Å². The molecule has 29 heavy (non-hydrogen) atoms. The largest absolute Gasteiger partial charge is 0.493 e. The predicted molar refractivity (Wildman–Crippen MR) is 112 cm³/mol. The molecular formula is C24H30N2O3. The van der Waals surface area contributed by atoms with E-state index in [0.717, 1.165) is 23.5 Å². The highest BCUT2D eigenvalue weighted by atomic mass is 16.5. The minimum absolute atomic E-state index is 0.133. The maximum Gasteiger partial charge on any atom is 0.220 e. The zero-order valence-electron chi connectivity index (χ0n) is 17.3. The van der Waals surface area contributed by atoms with Crippen molar-refractivity contribution in [1.82, 2.24) is 10.3 Å². The molecule has 5 nitrogen and oxygen atoms in total. The molecule has 0 radical (unpaired) electrons. The van der Waals surface area contributed by atoms with Crippen molar-refractivity contribution in [2.24, 2.45) is 11.8 Å². The minimum Gasteiger partial charge on any atom is -0.493 e. The number of carbonyl (C=O) groups excluding carboxylic acids is 1. The van der Waals surface area contributed by atoms with Gasteiger partial charge in [-0.3, -0.25) is 9.78 Å². The average Bonchev–Trinajstić information content (AvgIpc) is 2.77. The fourth-order valence-electron chi connectivity index (χ4n) is 5.24. The molecule has 1 aromatic heterocycles. The van der Waals surface area contributed by atoms with Crippen molar-refractivity contribution >= 4 is 5.91 Å². The lowest BCUT2D eigenvalue weighted by atomic mass is 9.53. The number of hydrogen-bond donors (Lipinski definition) is 1. The molecule has 0 aliphatic heterocycles. The second-order valence-electron chi connectivity index (χ2n) is 8.21. The smallest absolute Gasteiger partial charge is 0.220 e. The van der Waals surface area contributed by atoms with E-state index >= 15 is 0 Å². The van der Waals surface area contributed by atoms with Crippen molar-refractivity contribution in [2.45, 2.75) is 50.5 Å². The Bertz CT molecular complexity index is 839. The van der Waals surface area contributed by atoms with Gasteiger partial charge in [0.15, 0.2) is 11.5 Å². The van der Waals surface area contributed by atoms with Gasteiger partial charge < -0.3 is 14.8 Å². The Morgan fingerprint density at radius 1 is 1.10 bits per heavy atom. The lowest BCUT2D eigenvalue weighted by molar-refractivity contribution is -0.124. The van der Waals surface area contributed by atoms with Gasteiger partial charge in [-0.2, -0.15) is 0 Å². The number of rotatable bonds is 7. The molecule has 0 bridgehead atoms. The molecule has 1 heterocycles. The summed E-state index contributed by atoms with van der Waals surface area (Å²) in [5, 5.41) is 3.37. The van der Waals surface area contributed by atoms with E-state index in [2.05, 4.69) is 22.4 Å². The maximum atomic E-state index is 12.7. The van der Waals surface area contributed by atoms with E-state index in [0.29, 0.717) is 24.2 Å². The number of aryl methyl sites for hydroxylation is 1. The molecule has 1 aromatic carbocycles. The molecule has 0 spiro atoms. The lowest BCUT2D eigenvalue weighted by Crippen LogP contribution is -2.59. The predicted octanol–water partition coefficient (Wildman–Crippen LogP) is 4.12. The Morgan fingerprint density at radius 3 is 2.62 bits per heavy atom. The fraction of sp³-hybridized carbons (Fsp3) is 0.500. The summed E-state index contributed by atoms with van der Waals surface area (Å²) in [5.74, 6) is 3.21. The molecular weight excluding hydrogens is 364 g/mol. The van der Waals surface area contributed by atoms with Crippen molar-refractivity contribution in [3.8, 4) is 11.5 Å². The highest BCUT2D eigenvalue weighted by Crippen LogP contribution is 2.55. The quantitative estimate of drug-likeness (QED) is 0.767. The van der Waals surface area contributed by atoms with E-state index in [1.165, 1.54) is 31.2 Å². The van der Waals surface area contributed by atoms with E-state index in [-0.39, 0.29) is 11.9 Å². The SMILES string of the molecule is COc1ccc([C@H]2[C@@H]3CCCC[C@H]3[C@@H]2NC(=O)CCc2cccnc2)cc1OC. The number of benzene rings is 1. The van der Waals surface area contributed by atoms with Crippen LogP contribution in [-0.4, -0.2) is 31.2 Å². The van der Waals surface area contributed by atoms with Gasteiger partial charge in [-0.1, -0.05) is 25.0 Å². The number of fused-ring (bicyclic) bond motifs is 1. The number of carbonyl (C=O) groups is 1. The van der Waals surface area contributed by atoms with Gasteiger partial charge in [-0.05, 0) is 60.4 Å². The number of aromatic nitrogens is 1. The molecule has 0 saturated heterocycles. The summed E-state index contributed by atoms with van der Waals surface area (Å²) in [6.45, 7) is 0. The first-order valence-electron chi connectivity index (χ1n) is 10.6. The molecule has 2 saturated carbocycles. The van der Waals surface area contributed by atoms with Gasteiger partial charge in [-0.15, -0.1) is 0 Å². The lowest BCUT2D eigenvalue weighted by Gasteiger charge is -2.55. The van der Waals surface area contributed by atoms with Gasteiger partial charge in [0, 0.05) is 30.8 Å². The normalized spacial score (nSPS) is 25.4. The van der Waals surface area contributed by atoms with E-state index in [1.807, 2.05) is 24.4 Å².